The summed E-state index contributed by atoms with van der Waals surface area (Å²) in [7, 11) is 0. The van der Waals surface area contributed by atoms with Gasteiger partial charge in [-0.1, -0.05) is 36.4 Å². The van der Waals surface area contributed by atoms with Gasteiger partial charge in [-0.25, -0.2) is 14.8 Å². The molecule has 0 spiro atoms. The van der Waals surface area contributed by atoms with Crippen LogP contribution in [0, 0.1) is 5.41 Å². The molecular weight excluding hydrogens is 518 g/mol. The van der Waals surface area contributed by atoms with Crippen molar-refractivity contribution in [1.29, 1.82) is 0 Å². The van der Waals surface area contributed by atoms with Gasteiger partial charge in [0.25, 0.3) is 0 Å². The van der Waals surface area contributed by atoms with E-state index in [4.69, 9.17) is 22.1 Å². The van der Waals surface area contributed by atoms with Crippen LogP contribution >= 0.6 is 23.4 Å². The highest BCUT2D eigenvalue weighted by Gasteiger charge is 2.32. The molecule has 2 aliphatic rings. The van der Waals surface area contributed by atoms with Gasteiger partial charge in [-0.05, 0) is 25.0 Å². The van der Waals surface area contributed by atoms with Crippen LogP contribution < -0.4 is 21.3 Å². The summed E-state index contributed by atoms with van der Waals surface area (Å²) < 4.78 is 5.01. The van der Waals surface area contributed by atoms with Gasteiger partial charge in [0.1, 0.15) is 10.8 Å². The molecule has 4 rings (SSSR count). The number of rotatable bonds is 8. The average molecular weight is 548 g/mol. The maximum absolute atomic E-state index is 12.5. The van der Waals surface area contributed by atoms with Crippen molar-refractivity contribution in [2.75, 3.05) is 56.1 Å². The molecule has 0 aliphatic carbocycles. The number of nitrogens with one attached hydrogen (secondary N) is 2. The topological polar surface area (TPSA) is 143 Å². The second-order valence-electron chi connectivity index (χ2n) is 9.38. The minimum atomic E-state index is -0.748. The summed E-state index contributed by atoms with van der Waals surface area (Å²) in [6, 6.07) is 5.36. The lowest BCUT2D eigenvalue weighted by atomic mass is 9.81. The Hall–Kier alpha value is -3.09. The number of piperidine rings is 1. The maximum atomic E-state index is 12.5. The molecular formula is C24H30ClN7O4S. The number of benzene rings is 1. The highest BCUT2D eigenvalue weighted by molar-refractivity contribution is 7.99. The van der Waals surface area contributed by atoms with E-state index in [2.05, 4.69) is 32.4 Å². The largest absolute Gasteiger partial charge is 0.449 e. The number of carbonyl (C=O) groups is 3. The third-order valence-electron chi connectivity index (χ3n) is 6.45. The molecule has 0 saturated carbocycles. The molecule has 37 heavy (non-hydrogen) atoms. The third kappa shape index (κ3) is 7.24. The second-order valence-corrected chi connectivity index (χ2v) is 10.8. The minimum Gasteiger partial charge on any atom is -0.449 e. The first kappa shape index (κ1) is 27.0. The molecule has 0 bridgehead atoms. The molecule has 0 atom stereocenters. The van der Waals surface area contributed by atoms with Crippen molar-refractivity contribution >= 4 is 52.8 Å². The van der Waals surface area contributed by atoms with E-state index in [0.717, 1.165) is 36.6 Å². The summed E-state index contributed by atoms with van der Waals surface area (Å²) in [5, 5.41) is 6.84. The van der Waals surface area contributed by atoms with Gasteiger partial charge in [0.05, 0.1) is 42.8 Å². The smallest absolute Gasteiger partial charge is 0.404 e. The molecule has 1 aromatic heterocycles. The van der Waals surface area contributed by atoms with Gasteiger partial charge in [-0.2, -0.15) is 0 Å². The van der Waals surface area contributed by atoms with Gasteiger partial charge in [0.15, 0.2) is 0 Å². The molecule has 2 fully saturated rings. The van der Waals surface area contributed by atoms with Gasteiger partial charge in [0.2, 0.25) is 11.8 Å². The average Bonchev–Trinajstić information content (AvgIpc) is 2.88. The van der Waals surface area contributed by atoms with Crippen molar-refractivity contribution in [1.82, 2.24) is 20.2 Å². The Morgan fingerprint density at radius 1 is 1.24 bits per heavy atom. The Morgan fingerprint density at radius 2 is 2.03 bits per heavy atom. The fourth-order valence-electron chi connectivity index (χ4n) is 4.17. The summed E-state index contributed by atoms with van der Waals surface area (Å²) in [5.74, 6) is 0.369. The van der Waals surface area contributed by atoms with Crippen LogP contribution in [0.5, 0.6) is 0 Å². The number of nitrogens with zero attached hydrogens (tertiary/aromatic N) is 4. The van der Waals surface area contributed by atoms with Crippen molar-refractivity contribution < 1.29 is 19.1 Å². The zero-order valence-corrected chi connectivity index (χ0v) is 22.1. The van der Waals surface area contributed by atoms with E-state index in [0.29, 0.717) is 35.4 Å². The number of anilines is 2. The van der Waals surface area contributed by atoms with Crippen LogP contribution in [0.4, 0.5) is 16.3 Å². The van der Waals surface area contributed by atoms with Crippen molar-refractivity contribution in [3.8, 4) is 0 Å². The second kappa shape index (κ2) is 12.0. The van der Waals surface area contributed by atoms with Crippen LogP contribution in [0.25, 0.3) is 0 Å². The van der Waals surface area contributed by atoms with E-state index in [1.54, 1.807) is 24.5 Å². The van der Waals surface area contributed by atoms with E-state index in [9.17, 15) is 14.4 Å². The molecule has 3 amide bonds. The molecule has 4 N–H and O–H groups in total. The van der Waals surface area contributed by atoms with Gasteiger partial charge in [-0.3, -0.25) is 9.59 Å². The zero-order valence-electron chi connectivity index (χ0n) is 20.5. The zero-order chi connectivity index (χ0) is 26.4. The fourth-order valence-corrected chi connectivity index (χ4v) is 5.24. The Bertz CT molecular complexity index is 1140. The van der Waals surface area contributed by atoms with Crippen LogP contribution in [0.2, 0.25) is 5.02 Å². The number of piperazine rings is 1. The minimum absolute atomic E-state index is 0.0189. The number of amides is 3. The predicted octanol–water partition coefficient (Wildman–Crippen LogP) is 2.35. The highest BCUT2D eigenvalue weighted by atomic mass is 35.5. The molecule has 1 aromatic carbocycles. The van der Waals surface area contributed by atoms with Gasteiger partial charge in [0, 0.05) is 36.5 Å². The summed E-state index contributed by atoms with van der Waals surface area (Å²) in [6.45, 7) is 5.31. The van der Waals surface area contributed by atoms with Crippen LogP contribution in [0.1, 0.15) is 19.8 Å². The van der Waals surface area contributed by atoms with Gasteiger partial charge < -0.3 is 30.9 Å². The van der Waals surface area contributed by atoms with Crippen LogP contribution in [0.15, 0.2) is 40.5 Å². The fraction of sp³-hybridized carbons (Fsp3) is 0.458. The number of carbonyl (C=O) groups excluding carboxylic acids is 3. The van der Waals surface area contributed by atoms with E-state index < -0.39 is 6.09 Å². The first-order valence-corrected chi connectivity index (χ1v) is 13.2. The van der Waals surface area contributed by atoms with E-state index in [1.807, 2.05) is 6.07 Å². The quantitative estimate of drug-likeness (QED) is 0.453. The van der Waals surface area contributed by atoms with Crippen molar-refractivity contribution in [2.45, 2.75) is 29.7 Å². The third-order valence-corrected chi connectivity index (χ3v) is 7.95. The molecule has 11 nitrogen and oxygen atoms in total. The number of nitrogens with two attached hydrogens (primary N) is 1. The lowest BCUT2D eigenvalue weighted by Gasteiger charge is -2.39. The number of ether oxygens (including phenoxy) is 1. The Labute approximate surface area is 224 Å². The number of aromatic nitrogens is 2. The molecule has 198 valence electrons. The monoisotopic (exact) mass is 547 g/mol. The number of hydrogen-bond acceptors (Lipinski definition) is 9. The molecule has 13 heteroatoms. The van der Waals surface area contributed by atoms with Crippen molar-refractivity contribution in [3.63, 3.8) is 0 Å². The molecule has 2 aromatic rings. The summed E-state index contributed by atoms with van der Waals surface area (Å²) in [4.78, 5) is 48.9. The van der Waals surface area contributed by atoms with E-state index in [-0.39, 0.29) is 30.3 Å². The van der Waals surface area contributed by atoms with E-state index in [1.165, 1.54) is 16.7 Å². The van der Waals surface area contributed by atoms with Crippen LogP contribution in [-0.4, -0.2) is 78.7 Å². The number of halogens is 1. The highest BCUT2D eigenvalue weighted by Crippen LogP contribution is 2.37. The normalized spacial score (nSPS) is 17.4. The molecule has 0 unspecified atom stereocenters. The lowest BCUT2D eigenvalue weighted by Crippen LogP contribution is -2.50. The SMILES string of the molecule is CC1(COC(N)=O)CCN(c2cnc(Sc3cccc(NC(=O)CN4CCNCC4=O)c3Cl)cn2)CC1. The first-order chi connectivity index (χ1) is 17.7. The predicted molar refractivity (Wildman–Crippen MR) is 141 cm³/mol. The summed E-state index contributed by atoms with van der Waals surface area (Å²) >= 11 is 7.92. The standard InChI is InChI=1S/C24H30ClN7O4S/c1-24(15-36-23(26)35)5-8-31(9-6-24)18-11-29-20(12-28-18)37-17-4-2-3-16(22(17)25)30-19(33)14-32-10-7-27-13-21(32)34/h2-4,11-12,27H,5-10,13-15H2,1H3,(H2,26,35)(H,30,33). The van der Waals surface area contributed by atoms with Crippen molar-refractivity contribution in [3.05, 3.63) is 35.6 Å². The molecule has 2 aliphatic heterocycles. The molecule has 3 heterocycles. The van der Waals surface area contributed by atoms with Crippen LogP contribution in [0.3, 0.4) is 0 Å². The lowest BCUT2D eigenvalue weighted by molar-refractivity contribution is -0.135. The summed E-state index contributed by atoms with van der Waals surface area (Å²) in [5.41, 5.74) is 5.47. The Kier molecular flexibility index (Phi) is 8.72. The maximum Gasteiger partial charge on any atom is 0.404 e. The molecule has 2 saturated heterocycles. The Balaban J connectivity index is 1.33. The van der Waals surface area contributed by atoms with Crippen LogP contribution in [-0.2, 0) is 14.3 Å². The summed E-state index contributed by atoms with van der Waals surface area (Å²) in [6.07, 6.45) is 4.36. The number of primary amides is 1. The Morgan fingerprint density at radius 3 is 2.70 bits per heavy atom. The number of hydrogen-bond donors (Lipinski definition) is 3. The van der Waals surface area contributed by atoms with Gasteiger partial charge in [-0.15, -0.1) is 0 Å². The van der Waals surface area contributed by atoms with E-state index >= 15 is 0 Å². The van der Waals surface area contributed by atoms with Crippen molar-refractivity contribution in [2.24, 2.45) is 11.1 Å². The van der Waals surface area contributed by atoms with Gasteiger partial charge >= 0.3 is 6.09 Å². The molecule has 0 radical (unpaired) electrons. The first-order valence-electron chi connectivity index (χ1n) is 12.0.